The molecule has 2 aliphatic heterocycles. The standard InChI is InChI=1S/C39H46N6O9S/c1-23-16-24(2)18-26(17-23)35-29(14-15-41-55(52,53)33-13-12-28(44(48)49)19-31(33)45(50)51)30-20-34(40-21-32(30)43(35)37(47)54-38(3,4)5)39(6,7)36(46)42-22-25-8-10-27(42)11-9-25/h12-13,16-21,25,27,41H,8-11,14-15,22H2,1-7H3. The second-order valence-corrected chi connectivity index (χ2v) is 17.9. The van der Waals surface area contributed by atoms with E-state index in [9.17, 15) is 38.2 Å². The highest BCUT2D eigenvalue weighted by Crippen LogP contribution is 2.41. The first-order chi connectivity index (χ1) is 25.7. The van der Waals surface area contributed by atoms with E-state index in [1.54, 1.807) is 33.0 Å². The highest BCUT2D eigenvalue weighted by Gasteiger charge is 2.43. The summed E-state index contributed by atoms with van der Waals surface area (Å²) in [7, 11) is -4.56. The van der Waals surface area contributed by atoms with Gasteiger partial charge in [-0.05, 0) is 122 Å². The molecule has 3 aliphatic rings. The Morgan fingerprint density at radius 3 is 2.16 bits per heavy atom. The lowest BCUT2D eigenvalue weighted by Gasteiger charge is -2.47. The fourth-order valence-corrected chi connectivity index (χ4v) is 9.10. The Morgan fingerprint density at radius 2 is 1.60 bits per heavy atom. The van der Waals surface area contributed by atoms with E-state index >= 15 is 0 Å². The second kappa shape index (κ2) is 14.5. The third kappa shape index (κ3) is 7.83. The van der Waals surface area contributed by atoms with Crippen molar-refractivity contribution >= 4 is 44.3 Å². The van der Waals surface area contributed by atoms with E-state index in [2.05, 4.69) is 4.72 Å². The van der Waals surface area contributed by atoms with Crippen LogP contribution >= 0.6 is 0 Å². The zero-order valence-corrected chi connectivity index (χ0v) is 32.9. The van der Waals surface area contributed by atoms with Gasteiger partial charge in [0.25, 0.3) is 11.4 Å². The Hall–Kier alpha value is -5.22. The van der Waals surface area contributed by atoms with Crippen molar-refractivity contribution in [2.75, 3.05) is 13.1 Å². The molecule has 55 heavy (non-hydrogen) atoms. The number of carbonyl (C=O) groups excluding carboxylic acids is 2. The molecule has 4 aromatic rings. The summed E-state index contributed by atoms with van der Waals surface area (Å²) >= 11 is 0. The maximum Gasteiger partial charge on any atom is 0.419 e. The quantitative estimate of drug-likeness (QED) is 0.128. The molecule has 3 fully saturated rings. The molecule has 0 unspecified atom stereocenters. The molecule has 2 bridgehead atoms. The number of hydrogen-bond donors (Lipinski definition) is 1. The Morgan fingerprint density at radius 1 is 0.945 bits per heavy atom. The van der Waals surface area contributed by atoms with Gasteiger partial charge in [0.2, 0.25) is 15.9 Å². The number of benzene rings is 2. The van der Waals surface area contributed by atoms with Crippen molar-refractivity contribution in [3.63, 3.8) is 0 Å². The molecule has 2 aromatic heterocycles. The van der Waals surface area contributed by atoms with Gasteiger partial charge in [0.05, 0.1) is 44.4 Å². The summed E-state index contributed by atoms with van der Waals surface area (Å²) in [6, 6.07) is 10.1. The third-order valence-corrected chi connectivity index (χ3v) is 12.0. The number of carbonyl (C=O) groups is 2. The highest BCUT2D eigenvalue weighted by atomic mass is 32.2. The van der Waals surface area contributed by atoms with Gasteiger partial charge in [-0.2, -0.15) is 0 Å². The van der Waals surface area contributed by atoms with Gasteiger partial charge in [-0.1, -0.05) is 17.2 Å². The molecule has 1 aliphatic carbocycles. The van der Waals surface area contributed by atoms with Gasteiger partial charge in [-0.15, -0.1) is 0 Å². The molecule has 4 heterocycles. The van der Waals surface area contributed by atoms with Crippen molar-refractivity contribution in [2.24, 2.45) is 5.92 Å². The predicted molar refractivity (Wildman–Crippen MR) is 205 cm³/mol. The number of amides is 1. The van der Waals surface area contributed by atoms with Gasteiger partial charge in [0, 0.05) is 30.6 Å². The van der Waals surface area contributed by atoms with Crippen LogP contribution in [-0.2, 0) is 31.4 Å². The van der Waals surface area contributed by atoms with Crippen molar-refractivity contribution in [3.05, 3.63) is 91.3 Å². The smallest absolute Gasteiger partial charge is 0.419 e. The molecule has 292 valence electrons. The molecule has 1 amide bonds. The molecule has 2 aromatic carbocycles. The summed E-state index contributed by atoms with van der Waals surface area (Å²) in [5.74, 6) is 0.445. The molecule has 0 atom stereocenters. The summed E-state index contributed by atoms with van der Waals surface area (Å²) in [6.45, 7) is 13.2. The van der Waals surface area contributed by atoms with E-state index in [-0.39, 0.29) is 24.9 Å². The minimum Gasteiger partial charge on any atom is -0.443 e. The van der Waals surface area contributed by atoms with Crippen LogP contribution in [0.1, 0.15) is 82.7 Å². The number of aryl methyl sites for hydroxylation is 2. The number of nitro benzene ring substituents is 2. The fraction of sp³-hybridized carbons (Fsp3) is 0.462. The number of non-ortho nitro benzene ring substituents is 1. The molecule has 0 spiro atoms. The van der Waals surface area contributed by atoms with Gasteiger partial charge < -0.3 is 9.64 Å². The predicted octanol–water partition coefficient (Wildman–Crippen LogP) is 7.12. The molecule has 16 heteroatoms. The van der Waals surface area contributed by atoms with E-state index in [4.69, 9.17) is 9.72 Å². The topological polar surface area (TPSA) is 197 Å². The van der Waals surface area contributed by atoms with Crippen molar-refractivity contribution < 1.29 is 32.6 Å². The van der Waals surface area contributed by atoms with Gasteiger partial charge in [-0.25, -0.2) is 22.5 Å². The van der Waals surface area contributed by atoms with Gasteiger partial charge in [0.15, 0.2) is 4.90 Å². The third-order valence-electron chi connectivity index (χ3n) is 10.5. The Balaban J connectivity index is 1.49. The minimum atomic E-state index is -4.56. The lowest BCUT2D eigenvalue weighted by Crippen LogP contribution is -2.55. The monoisotopic (exact) mass is 774 g/mol. The highest BCUT2D eigenvalue weighted by molar-refractivity contribution is 7.89. The number of nitro groups is 2. The van der Waals surface area contributed by atoms with Crippen molar-refractivity contribution in [1.82, 2.24) is 19.2 Å². The molecule has 2 saturated heterocycles. The molecular weight excluding hydrogens is 729 g/mol. The first-order valence-electron chi connectivity index (χ1n) is 18.3. The van der Waals surface area contributed by atoms with Crippen LogP contribution in [0, 0.1) is 40.0 Å². The summed E-state index contributed by atoms with van der Waals surface area (Å²) < 4.78 is 36.9. The number of hydrogen-bond acceptors (Lipinski definition) is 10. The zero-order valence-electron chi connectivity index (χ0n) is 32.0. The first kappa shape index (κ1) is 39.5. The second-order valence-electron chi connectivity index (χ2n) is 16.2. The number of nitrogens with zero attached hydrogens (tertiary/aromatic N) is 5. The van der Waals surface area contributed by atoms with E-state index in [1.165, 1.54) is 4.57 Å². The number of piperidine rings is 2. The Kier molecular flexibility index (Phi) is 10.4. The number of nitrogens with one attached hydrogen (secondary N) is 1. The van der Waals surface area contributed by atoms with E-state index in [1.807, 2.05) is 50.8 Å². The Bertz CT molecular complexity index is 2320. The van der Waals surface area contributed by atoms with Crippen LogP contribution in [0.15, 0.2) is 53.6 Å². The molecule has 1 N–H and O–H groups in total. The van der Waals surface area contributed by atoms with E-state index in [0.29, 0.717) is 51.9 Å². The zero-order chi connectivity index (χ0) is 40.2. The average Bonchev–Trinajstić information content (AvgIpc) is 3.44. The SMILES string of the molecule is Cc1cc(C)cc(-c2c(CCNS(=O)(=O)c3ccc([N+](=O)[O-])cc3[N+](=O)[O-])c3cc(C(C)(C)C(=O)N4CC5CCC4CC5)ncc3n2C(=O)OC(C)(C)C)c1. The number of aromatic nitrogens is 2. The van der Waals surface area contributed by atoms with Gasteiger partial charge >= 0.3 is 6.09 Å². The molecule has 0 radical (unpaired) electrons. The van der Waals surface area contributed by atoms with Crippen LogP contribution in [-0.4, -0.2) is 69.4 Å². The van der Waals surface area contributed by atoms with Crippen LogP contribution in [0.3, 0.4) is 0 Å². The van der Waals surface area contributed by atoms with Gasteiger partial charge in [0.1, 0.15) is 5.60 Å². The molecule has 15 nitrogen and oxygen atoms in total. The molecule has 7 rings (SSSR count). The summed E-state index contributed by atoms with van der Waals surface area (Å²) in [5.41, 5.74) is 0.837. The normalized spacial score (nSPS) is 17.4. The fourth-order valence-electron chi connectivity index (χ4n) is 7.92. The van der Waals surface area contributed by atoms with E-state index in [0.717, 1.165) is 48.9 Å². The van der Waals surface area contributed by atoms with Crippen molar-refractivity contribution in [1.29, 1.82) is 0 Å². The van der Waals surface area contributed by atoms with Crippen LogP contribution in [0.4, 0.5) is 16.2 Å². The number of fused-ring (bicyclic) bond motifs is 4. The van der Waals surface area contributed by atoms with Crippen molar-refractivity contribution in [2.45, 2.75) is 103 Å². The molecule has 1 saturated carbocycles. The van der Waals surface area contributed by atoms with E-state index < -0.39 is 53.2 Å². The number of pyridine rings is 1. The van der Waals surface area contributed by atoms with Crippen LogP contribution in [0.5, 0.6) is 0 Å². The summed E-state index contributed by atoms with van der Waals surface area (Å²) in [4.78, 5) is 55.7. The first-order valence-corrected chi connectivity index (χ1v) is 19.8. The van der Waals surface area contributed by atoms with Crippen LogP contribution in [0.2, 0.25) is 0 Å². The molecular formula is C39H46N6O9S. The van der Waals surface area contributed by atoms with Crippen molar-refractivity contribution in [3.8, 4) is 11.3 Å². The van der Waals surface area contributed by atoms with Gasteiger partial charge in [-0.3, -0.25) is 30.0 Å². The average molecular weight is 775 g/mol. The minimum absolute atomic E-state index is 0.0116. The number of ether oxygens (including phenoxy) is 1. The van der Waals surface area contributed by atoms with Crippen LogP contribution in [0.25, 0.3) is 22.2 Å². The maximum atomic E-state index is 14.3. The van der Waals surface area contributed by atoms with Crippen LogP contribution < -0.4 is 4.72 Å². The maximum absolute atomic E-state index is 14.3. The Labute approximate surface area is 319 Å². The number of rotatable bonds is 10. The summed E-state index contributed by atoms with van der Waals surface area (Å²) in [6.07, 6.45) is 5.02. The number of sulfonamides is 1. The lowest BCUT2D eigenvalue weighted by atomic mass is 9.77. The largest absolute Gasteiger partial charge is 0.443 e. The summed E-state index contributed by atoms with van der Waals surface area (Å²) in [5, 5.41) is 23.6. The lowest BCUT2D eigenvalue weighted by molar-refractivity contribution is -0.396.